The Morgan fingerprint density at radius 1 is 1.08 bits per heavy atom. The number of hydrogen-bond acceptors (Lipinski definition) is 3. The molecule has 1 aliphatic heterocycles. The molecule has 0 aromatic carbocycles. The van der Waals surface area contributed by atoms with Crippen LogP contribution in [0.15, 0.2) is 12.4 Å². The standard InChI is InChI=1S/C18H27N5O2/c24-17(20-15-6-1-2-7-15)12-23-11-16(8-19-23)21-18(25)22-9-13-4-3-5-14(13)10-22/h8,11,13-15H,1-7,9-10,12H2,(H,20,24)(H,21,25)/t13-,14-/m0/s1. The van der Waals surface area contributed by atoms with Gasteiger partial charge in [0.25, 0.3) is 0 Å². The van der Waals surface area contributed by atoms with Crippen LogP contribution in [0.4, 0.5) is 10.5 Å². The maximum absolute atomic E-state index is 12.4. The van der Waals surface area contributed by atoms with E-state index < -0.39 is 0 Å². The van der Waals surface area contributed by atoms with Crippen molar-refractivity contribution in [3.8, 4) is 0 Å². The molecular formula is C18H27N5O2. The number of likely N-dealkylation sites (tertiary alicyclic amines) is 1. The van der Waals surface area contributed by atoms with Gasteiger partial charge in [0.15, 0.2) is 0 Å². The van der Waals surface area contributed by atoms with Crippen molar-refractivity contribution < 1.29 is 9.59 Å². The zero-order chi connectivity index (χ0) is 17.2. The highest BCUT2D eigenvalue weighted by molar-refractivity contribution is 5.89. The van der Waals surface area contributed by atoms with Crippen LogP contribution >= 0.6 is 0 Å². The minimum absolute atomic E-state index is 0.0137. The van der Waals surface area contributed by atoms with E-state index in [1.54, 1.807) is 17.1 Å². The molecule has 4 rings (SSSR count). The molecule has 0 bridgehead atoms. The first-order valence-corrected chi connectivity index (χ1v) is 9.55. The fraction of sp³-hybridized carbons (Fsp3) is 0.722. The number of urea groups is 1. The Morgan fingerprint density at radius 3 is 2.52 bits per heavy atom. The second-order valence-electron chi connectivity index (χ2n) is 7.76. The Hall–Kier alpha value is -2.05. The van der Waals surface area contributed by atoms with Gasteiger partial charge in [-0.1, -0.05) is 19.3 Å². The number of amides is 3. The smallest absolute Gasteiger partial charge is 0.321 e. The van der Waals surface area contributed by atoms with Crippen LogP contribution in [0, 0.1) is 11.8 Å². The van der Waals surface area contributed by atoms with Crippen molar-refractivity contribution in [3.05, 3.63) is 12.4 Å². The van der Waals surface area contributed by atoms with Gasteiger partial charge in [0.2, 0.25) is 5.91 Å². The van der Waals surface area contributed by atoms with Gasteiger partial charge in [-0.05, 0) is 37.5 Å². The van der Waals surface area contributed by atoms with Gasteiger partial charge >= 0.3 is 6.03 Å². The topological polar surface area (TPSA) is 79.3 Å². The molecule has 1 saturated heterocycles. The molecule has 2 N–H and O–H groups in total. The zero-order valence-electron chi connectivity index (χ0n) is 14.6. The molecule has 2 aliphatic carbocycles. The molecule has 2 heterocycles. The van der Waals surface area contributed by atoms with Crippen molar-refractivity contribution in [1.82, 2.24) is 20.0 Å². The Labute approximate surface area is 148 Å². The molecule has 7 nitrogen and oxygen atoms in total. The van der Waals surface area contributed by atoms with E-state index in [1.165, 1.54) is 32.1 Å². The lowest BCUT2D eigenvalue weighted by Crippen LogP contribution is -2.35. The summed E-state index contributed by atoms with van der Waals surface area (Å²) in [7, 11) is 0. The lowest BCUT2D eigenvalue weighted by atomic mass is 10.0. The van der Waals surface area contributed by atoms with Crippen LogP contribution in [0.2, 0.25) is 0 Å². The number of carbonyl (C=O) groups is 2. The summed E-state index contributed by atoms with van der Waals surface area (Å²) in [6.45, 7) is 1.93. The summed E-state index contributed by atoms with van der Waals surface area (Å²) in [5, 5.41) is 10.2. The van der Waals surface area contributed by atoms with Crippen molar-refractivity contribution in [2.45, 2.75) is 57.5 Å². The van der Waals surface area contributed by atoms with E-state index in [4.69, 9.17) is 0 Å². The lowest BCUT2D eigenvalue weighted by molar-refractivity contribution is -0.122. The molecule has 1 aromatic heterocycles. The Balaban J connectivity index is 1.26. The third-order valence-corrected chi connectivity index (χ3v) is 5.92. The molecule has 0 unspecified atom stereocenters. The van der Waals surface area contributed by atoms with Crippen LogP contribution < -0.4 is 10.6 Å². The summed E-state index contributed by atoms with van der Waals surface area (Å²) in [4.78, 5) is 26.4. The molecule has 3 fully saturated rings. The van der Waals surface area contributed by atoms with Gasteiger partial charge in [-0.3, -0.25) is 9.48 Å². The molecule has 25 heavy (non-hydrogen) atoms. The first-order valence-electron chi connectivity index (χ1n) is 9.55. The van der Waals surface area contributed by atoms with Crippen LogP contribution in [-0.4, -0.2) is 45.8 Å². The van der Waals surface area contributed by atoms with E-state index in [9.17, 15) is 9.59 Å². The fourth-order valence-corrected chi connectivity index (χ4v) is 4.61. The van der Waals surface area contributed by atoms with E-state index in [-0.39, 0.29) is 18.5 Å². The summed E-state index contributed by atoms with van der Waals surface area (Å²) in [6.07, 6.45) is 11.7. The molecule has 3 amide bonds. The Kier molecular flexibility index (Phi) is 4.63. The number of rotatable bonds is 4. The van der Waals surface area contributed by atoms with E-state index in [0.29, 0.717) is 23.6 Å². The van der Waals surface area contributed by atoms with E-state index in [2.05, 4.69) is 15.7 Å². The third-order valence-electron chi connectivity index (χ3n) is 5.92. The fourth-order valence-electron chi connectivity index (χ4n) is 4.61. The van der Waals surface area contributed by atoms with Gasteiger partial charge < -0.3 is 15.5 Å². The molecular weight excluding hydrogens is 318 g/mol. The third kappa shape index (κ3) is 3.80. The van der Waals surface area contributed by atoms with E-state index >= 15 is 0 Å². The molecule has 2 saturated carbocycles. The molecule has 3 aliphatic rings. The maximum atomic E-state index is 12.4. The number of nitrogens with zero attached hydrogens (tertiary/aromatic N) is 3. The average Bonchev–Trinajstić information content (AvgIpc) is 3.30. The maximum Gasteiger partial charge on any atom is 0.321 e. The highest BCUT2D eigenvalue weighted by atomic mass is 16.2. The van der Waals surface area contributed by atoms with Gasteiger partial charge in [-0.15, -0.1) is 0 Å². The zero-order valence-corrected chi connectivity index (χ0v) is 14.6. The second-order valence-corrected chi connectivity index (χ2v) is 7.76. The second kappa shape index (κ2) is 7.06. The van der Waals surface area contributed by atoms with Gasteiger partial charge in [-0.25, -0.2) is 4.79 Å². The van der Waals surface area contributed by atoms with Gasteiger partial charge in [0.05, 0.1) is 11.9 Å². The number of nitrogens with one attached hydrogen (secondary N) is 2. The monoisotopic (exact) mass is 345 g/mol. The summed E-state index contributed by atoms with van der Waals surface area (Å²) in [5.74, 6) is 1.36. The lowest BCUT2D eigenvalue weighted by Gasteiger charge is -2.17. The van der Waals surface area contributed by atoms with E-state index in [0.717, 1.165) is 25.9 Å². The van der Waals surface area contributed by atoms with Crippen molar-refractivity contribution in [2.75, 3.05) is 18.4 Å². The Morgan fingerprint density at radius 2 is 1.80 bits per heavy atom. The SMILES string of the molecule is O=C(Cn1cc(NC(=O)N2C[C@@H]3CCC[C@H]3C2)cn1)NC1CCCC1. The molecule has 7 heteroatoms. The number of aromatic nitrogens is 2. The molecule has 1 aromatic rings. The van der Waals surface area contributed by atoms with E-state index in [1.807, 2.05) is 4.90 Å². The van der Waals surface area contributed by atoms with Gasteiger partial charge in [0, 0.05) is 25.3 Å². The van der Waals surface area contributed by atoms with Crippen molar-refractivity contribution in [1.29, 1.82) is 0 Å². The molecule has 0 radical (unpaired) electrons. The predicted molar refractivity (Wildman–Crippen MR) is 94.0 cm³/mol. The molecule has 0 spiro atoms. The average molecular weight is 345 g/mol. The number of anilines is 1. The highest BCUT2D eigenvalue weighted by Gasteiger charge is 2.38. The van der Waals surface area contributed by atoms with Crippen LogP contribution in [0.1, 0.15) is 44.9 Å². The number of hydrogen-bond donors (Lipinski definition) is 2. The number of carbonyl (C=O) groups excluding carboxylic acids is 2. The van der Waals surface area contributed by atoms with Gasteiger partial charge in [0.1, 0.15) is 6.54 Å². The molecule has 2 atom stereocenters. The van der Waals surface area contributed by atoms with Crippen LogP contribution in [-0.2, 0) is 11.3 Å². The van der Waals surface area contributed by atoms with Crippen molar-refractivity contribution in [3.63, 3.8) is 0 Å². The first-order chi connectivity index (χ1) is 12.2. The van der Waals surface area contributed by atoms with Crippen LogP contribution in [0.5, 0.6) is 0 Å². The summed E-state index contributed by atoms with van der Waals surface area (Å²) in [5.41, 5.74) is 0.649. The van der Waals surface area contributed by atoms with Crippen molar-refractivity contribution in [2.24, 2.45) is 11.8 Å². The Bertz CT molecular complexity index is 625. The summed E-state index contributed by atoms with van der Waals surface area (Å²) in [6, 6.07) is 0.265. The highest BCUT2D eigenvalue weighted by Crippen LogP contribution is 2.37. The quantitative estimate of drug-likeness (QED) is 0.878. The minimum atomic E-state index is -0.0515. The summed E-state index contributed by atoms with van der Waals surface area (Å²) >= 11 is 0. The largest absolute Gasteiger partial charge is 0.352 e. The first kappa shape index (κ1) is 16.4. The number of fused-ring (bicyclic) bond motifs is 1. The van der Waals surface area contributed by atoms with Crippen LogP contribution in [0.3, 0.4) is 0 Å². The van der Waals surface area contributed by atoms with Crippen LogP contribution in [0.25, 0.3) is 0 Å². The normalized spacial score (nSPS) is 26.0. The van der Waals surface area contributed by atoms with Crippen molar-refractivity contribution >= 4 is 17.6 Å². The predicted octanol–water partition coefficient (Wildman–Crippen LogP) is 2.21. The minimum Gasteiger partial charge on any atom is -0.352 e. The molecule has 136 valence electrons. The van der Waals surface area contributed by atoms with Gasteiger partial charge in [-0.2, -0.15) is 5.10 Å². The summed E-state index contributed by atoms with van der Waals surface area (Å²) < 4.78 is 1.58.